The Morgan fingerprint density at radius 1 is 0.750 bits per heavy atom. The topological polar surface area (TPSA) is 20.2 Å². The van der Waals surface area contributed by atoms with E-state index in [0.29, 0.717) is 0 Å². The fourth-order valence-corrected chi connectivity index (χ4v) is 3.17. The number of hydrogen-bond donors (Lipinski definition) is 1. The zero-order valence-corrected chi connectivity index (χ0v) is 14.8. The average molecular weight is 379 g/mol. The van der Waals surface area contributed by atoms with Gasteiger partial charge in [0.1, 0.15) is 0 Å². The maximum absolute atomic E-state index is 11.0. The second-order valence-electron chi connectivity index (χ2n) is 5.71. The minimum absolute atomic E-state index is 0.110. The lowest BCUT2D eigenvalue weighted by atomic mass is 9.88. The third kappa shape index (κ3) is 4.22. The summed E-state index contributed by atoms with van der Waals surface area (Å²) in [6.45, 7) is 0. The predicted octanol–water partition coefficient (Wildman–Crippen LogP) is 5.98. The molecule has 0 spiro atoms. The van der Waals surface area contributed by atoms with Gasteiger partial charge in [-0.15, -0.1) is 0 Å². The summed E-state index contributed by atoms with van der Waals surface area (Å²) >= 11 is 3.48. The quantitative estimate of drug-likeness (QED) is 0.578. The van der Waals surface area contributed by atoms with Crippen LogP contribution in [0, 0.1) is 0 Å². The Morgan fingerprint density at radius 2 is 1.38 bits per heavy atom. The Kier molecular flexibility index (Phi) is 5.63. The van der Waals surface area contributed by atoms with E-state index in [1.54, 1.807) is 0 Å². The molecule has 2 atom stereocenters. The number of aliphatic hydroxyl groups excluding tert-OH is 1. The molecule has 1 nitrogen and oxygen atoms in total. The van der Waals surface area contributed by atoms with Crippen LogP contribution in [0.2, 0.25) is 0 Å². The standard InChI is InChI=1S/C22H19BrO/c23-20-13-7-12-19(16-20)22(24)21(18-10-5-2-6-11-18)15-14-17-8-3-1-4-9-17/h1-16,21-22,24H/t21-,22-/m0/s1. The van der Waals surface area contributed by atoms with Crippen molar-refractivity contribution in [1.82, 2.24) is 0 Å². The molecule has 0 aromatic heterocycles. The van der Waals surface area contributed by atoms with Gasteiger partial charge in [-0.2, -0.15) is 0 Å². The van der Waals surface area contributed by atoms with Crippen LogP contribution in [0.1, 0.15) is 28.7 Å². The van der Waals surface area contributed by atoms with Crippen LogP contribution < -0.4 is 0 Å². The number of aliphatic hydroxyl groups is 1. The Bertz CT molecular complexity index is 796. The summed E-state index contributed by atoms with van der Waals surface area (Å²) in [4.78, 5) is 0. The van der Waals surface area contributed by atoms with E-state index in [1.807, 2.05) is 60.7 Å². The van der Waals surface area contributed by atoms with Gasteiger partial charge in [-0.25, -0.2) is 0 Å². The fraction of sp³-hybridized carbons (Fsp3) is 0.0909. The molecule has 0 saturated heterocycles. The van der Waals surface area contributed by atoms with Crippen molar-refractivity contribution in [2.45, 2.75) is 12.0 Å². The lowest BCUT2D eigenvalue weighted by Crippen LogP contribution is -2.09. The first-order chi connectivity index (χ1) is 11.7. The van der Waals surface area contributed by atoms with E-state index in [-0.39, 0.29) is 5.92 Å². The lowest BCUT2D eigenvalue weighted by Gasteiger charge is -2.21. The summed E-state index contributed by atoms with van der Waals surface area (Å²) in [6.07, 6.45) is 3.54. The van der Waals surface area contributed by atoms with Gasteiger partial charge in [0.15, 0.2) is 0 Å². The average Bonchev–Trinajstić information content (AvgIpc) is 2.63. The SMILES string of the molecule is O[C@@H](c1cccc(Br)c1)[C@@H](C=Cc1ccccc1)c1ccccc1. The highest BCUT2D eigenvalue weighted by atomic mass is 79.9. The van der Waals surface area contributed by atoms with Gasteiger partial charge in [-0.1, -0.05) is 101 Å². The zero-order chi connectivity index (χ0) is 16.8. The summed E-state index contributed by atoms with van der Waals surface area (Å²) in [6, 6.07) is 28.1. The molecule has 0 bridgehead atoms. The normalized spacial score (nSPS) is 13.8. The molecule has 0 saturated carbocycles. The van der Waals surface area contributed by atoms with Crippen molar-refractivity contribution in [2.24, 2.45) is 0 Å². The summed E-state index contributed by atoms with van der Waals surface area (Å²) in [5.41, 5.74) is 3.12. The molecule has 0 unspecified atom stereocenters. The molecule has 3 rings (SSSR count). The van der Waals surface area contributed by atoms with Crippen LogP contribution in [0.4, 0.5) is 0 Å². The van der Waals surface area contributed by atoms with Crippen LogP contribution in [-0.4, -0.2) is 5.11 Å². The Morgan fingerprint density at radius 3 is 2.04 bits per heavy atom. The van der Waals surface area contributed by atoms with Crippen LogP contribution in [-0.2, 0) is 0 Å². The van der Waals surface area contributed by atoms with Crippen molar-refractivity contribution in [3.63, 3.8) is 0 Å². The molecule has 3 aromatic rings. The molecule has 0 aliphatic heterocycles. The van der Waals surface area contributed by atoms with Crippen molar-refractivity contribution in [2.75, 3.05) is 0 Å². The van der Waals surface area contributed by atoms with E-state index in [2.05, 4.69) is 52.3 Å². The predicted molar refractivity (Wildman–Crippen MR) is 104 cm³/mol. The monoisotopic (exact) mass is 378 g/mol. The second kappa shape index (κ2) is 8.09. The highest BCUT2D eigenvalue weighted by Gasteiger charge is 2.20. The van der Waals surface area contributed by atoms with Gasteiger partial charge in [0.2, 0.25) is 0 Å². The molecular formula is C22H19BrO. The van der Waals surface area contributed by atoms with Crippen molar-refractivity contribution < 1.29 is 5.11 Å². The molecule has 0 fully saturated rings. The number of rotatable bonds is 5. The maximum Gasteiger partial charge on any atom is 0.0893 e. The smallest absolute Gasteiger partial charge is 0.0893 e. The van der Waals surface area contributed by atoms with Gasteiger partial charge in [-0.3, -0.25) is 0 Å². The minimum atomic E-state index is -0.607. The van der Waals surface area contributed by atoms with Crippen LogP contribution in [0.3, 0.4) is 0 Å². The van der Waals surface area contributed by atoms with E-state index in [1.165, 1.54) is 0 Å². The van der Waals surface area contributed by atoms with Crippen LogP contribution >= 0.6 is 15.9 Å². The first-order valence-corrected chi connectivity index (χ1v) is 8.75. The first kappa shape index (κ1) is 16.7. The third-order valence-electron chi connectivity index (χ3n) is 4.01. The molecule has 0 aliphatic carbocycles. The van der Waals surface area contributed by atoms with E-state index < -0.39 is 6.10 Å². The Labute approximate surface area is 151 Å². The fourth-order valence-electron chi connectivity index (χ4n) is 2.75. The summed E-state index contributed by atoms with van der Waals surface area (Å²) < 4.78 is 0.970. The van der Waals surface area contributed by atoms with Gasteiger partial charge >= 0.3 is 0 Å². The molecule has 1 N–H and O–H groups in total. The summed E-state index contributed by atoms with van der Waals surface area (Å²) in [7, 11) is 0. The van der Waals surface area contributed by atoms with Crippen molar-refractivity contribution in [3.05, 3.63) is 112 Å². The molecule has 2 heteroatoms. The van der Waals surface area contributed by atoms with Crippen molar-refractivity contribution >= 4 is 22.0 Å². The third-order valence-corrected chi connectivity index (χ3v) is 4.50. The molecule has 120 valence electrons. The van der Waals surface area contributed by atoms with E-state index in [0.717, 1.165) is 21.2 Å². The highest BCUT2D eigenvalue weighted by Crippen LogP contribution is 2.33. The molecule has 0 heterocycles. The Hall–Kier alpha value is -2.16. The number of hydrogen-bond acceptors (Lipinski definition) is 1. The van der Waals surface area contributed by atoms with Crippen molar-refractivity contribution in [1.29, 1.82) is 0 Å². The van der Waals surface area contributed by atoms with Gasteiger partial charge in [-0.05, 0) is 28.8 Å². The van der Waals surface area contributed by atoms with E-state index >= 15 is 0 Å². The maximum atomic E-state index is 11.0. The van der Waals surface area contributed by atoms with E-state index in [4.69, 9.17) is 0 Å². The molecule has 0 radical (unpaired) electrons. The zero-order valence-electron chi connectivity index (χ0n) is 13.2. The highest BCUT2D eigenvalue weighted by molar-refractivity contribution is 9.10. The molecular weight excluding hydrogens is 360 g/mol. The molecule has 0 aliphatic rings. The van der Waals surface area contributed by atoms with Crippen LogP contribution in [0.15, 0.2) is 95.5 Å². The van der Waals surface area contributed by atoms with Gasteiger partial charge in [0.05, 0.1) is 6.10 Å². The van der Waals surface area contributed by atoms with E-state index in [9.17, 15) is 5.11 Å². The number of halogens is 1. The molecule has 3 aromatic carbocycles. The van der Waals surface area contributed by atoms with Gasteiger partial charge in [0.25, 0.3) is 0 Å². The molecule has 24 heavy (non-hydrogen) atoms. The number of benzene rings is 3. The summed E-state index contributed by atoms with van der Waals surface area (Å²) in [5.74, 6) is -0.110. The van der Waals surface area contributed by atoms with Gasteiger partial charge in [0, 0.05) is 10.4 Å². The largest absolute Gasteiger partial charge is 0.387 e. The first-order valence-electron chi connectivity index (χ1n) is 7.96. The van der Waals surface area contributed by atoms with Crippen LogP contribution in [0.25, 0.3) is 6.08 Å². The Balaban J connectivity index is 1.94. The summed E-state index contributed by atoms with van der Waals surface area (Å²) in [5, 5.41) is 11.0. The second-order valence-corrected chi connectivity index (χ2v) is 6.62. The van der Waals surface area contributed by atoms with Crippen LogP contribution in [0.5, 0.6) is 0 Å². The minimum Gasteiger partial charge on any atom is -0.387 e. The molecule has 0 amide bonds. The van der Waals surface area contributed by atoms with Gasteiger partial charge < -0.3 is 5.11 Å². The lowest BCUT2D eigenvalue weighted by molar-refractivity contribution is 0.162. The van der Waals surface area contributed by atoms with Crippen molar-refractivity contribution in [3.8, 4) is 0 Å².